The van der Waals surface area contributed by atoms with E-state index in [0.717, 1.165) is 16.8 Å². The molecule has 2 aromatic carbocycles. The van der Waals surface area contributed by atoms with E-state index in [1.165, 1.54) is 4.52 Å². The van der Waals surface area contributed by atoms with Gasteiger partial charge in [0.05, 0.1) is 19.9 Å². The average Bonchev–Trinajstić information content (AvgIpc) is 3.21. The van der Waals surface area contributed by atoms with Gasteiger partial charge in [-0.15, -0.1) is 10.2 Å². The summed E-state index contributed by atoms with van der Waals surface area (Å²) in [6.45, 7) is 0.243. The highest BCUT2D eigenvalue weighted by Gasteiger charge is 2.17. The van der Waals surface area contributed by atoms with Crippen molar-refractivity contribution in [2.75, 3.05) is 14.2 Å². The number of fused-ring (bicyclic) bond motifs is 1. The van der Waals surface area contributed by atoms with Crippen molar-refractivity contribution in [1.82, 2.24) is 25.1 Å². The van der Waals surface area contributed by atoms with Gasteiger partial charge in [0.15, 0.2) is 5.65 Å². The van der Waals surface area contributed by atoms with Crippen LogP contribution in [0.3, 0.4) is 0 Å². The van der Waals surface area contributed by atoms with E-state index in [2.05, 4.69) is 20.6 Å². The summed E-state index contributed by atoms with van der Waals surface area (Å²) in [6, 6.07) is 18.7. The Morgan fingerprint density at radius 3 is 2.59 bits per heavy atom. The molecule has 0 aliphatic rings. The van der Waals surface area contributed by atoms with E-state index in [9.17, 15) is 4.79 Å². The Kier molecular flexibility index (Phi) is 5.07. The third kappa shape index (κ3) is 3.73. The Bertz CT molecular complexity index is 1160. The van der Waals surface area contributed by atoms with Crippen LogP contribution in [0.25, 0.3) is 16.9 Å². The highest BCUT2D eigenvalue weighted by atomic mass is 16.5. The van der Waals surface area contributed by atoms with Crippen molar-refractivity contribution in [3.63, 3.8) is 0 Å². The Morgan fingerprint density at radius 2 is 1.83 bits per heavy atom. The normalized spacial score (nSPS) is 10.7. The standard InChI is InChI=1S/C21H19N5O3/c1-28-16-8-10-18(29-2)15(12-16)13-22-21(27)20-24-23-19-11-9-17(25-26(19)20)14-6-4-3-5-7-14/h3-12H,13H2,1-2H3,(H,22,27). The predicted octanol–water partition coefficient (Wildman–Crippen LogP) is 2.74. The van der Waals surface area contributed by atoms with Crippen LogP contribution in [0, 0.1) is 0 Å². The van der Waals surface area contributed by atoms with Gasteiger partial charge >= 0.3 is 0 Å². The second-order valence-electron chi connectivity index (χ2n) is 6.24. The van der Waals surface area contributed by atoms with Gasteiger partial charge in [0.25, 0.3) is 5.91 Å². The first-order chi connectivity index (χ1) is 14.2. The number of nitrogens with zero attached hydrogens (tertiary/aromatic N) is 4. The Balaban J connectivity index is 1.59. The molecule has 4 aromatic rings. The maximum Gasteiger partial charge on any atom is 0.291 e. The van der Waals surface area contributed by atoms with Gasteiger partial charge in [0.1, 0.15) is 11.5 Å². The Morgan fingerprint density at radius 1 is 1.00 bits per heavy atom. The molecule has 0 bridgehead atoms. The van der Waals surface area contributed by atoms with Crippen molar-refractivity contribution in [2.45, 2.75) is 6.54 Å². The summed E-state index contributed by atoms with van der Waals surface area (Å²) in [5.74, 6) is 1.05. The fourth-order valence-electron chi connectivity index (χ4n) is 2.97. The SMILES string of the molecule is COc1ccc(OC)c(CNC(=O)c2nnc3ccc(-c4ccccc4)nn23)c1. The molecular weight excluding hydrogens is 370 g/mol. The molecule has 0 unspecified atom stereocenters. The topological polar surface area (TPSA) is 90.6 Å². The van der Waals surface area contributed by atoms with E-state index >= 15 is 0 Å². The predicted molar refractivity (Wildman–Crippen MR) is 107 cm³/mol. The molecule has 4 rings (SSSR count). The van der Waals surface area contributed by atoms with Crippen molar-refractivity contribution in [2.24, 2.45) is 0 Å². The molecule has 0 saturated carbocycles. The van der Waals surface area contributed by atoms with Gasteiger partial charge in [-0.25, -0.2) is 0 Å². The minimum atomic E-state index is -0.389. The summed E-state index contributed by atoms with van der Waals surface area (Å²) >= 11 is 0. The fraction of sp³-hybridized carbons (Fsp3) is 0.143. The fourth-order valence-corrected chi connectivity index (χ4v) is 2.97. The average molecular weight is 389 g/mol. The number of methoxy groups -OCH3 is 2. The van der Waals surface area contributed by atoms with E-state index in [4.69, 9.17) is 9.47 Å². The highest BCUT2D eigenvalue weighted by molar-refractivity contribution is 5.91. The van der Waals surface area contributed by atoms with Crippen molar-refractivity contribution in [1.29, 1.82) is 0 Å². The number of hydrogen-bond donors (Lipinski definition) is 1. The molecule has 0 saturated heterocycles. The molecular formula is C21H19N5O3. The summed E-state index contributed by atoms with van der Waals surface area (Å²) in [4.78, 5) is 12.7. The number of ether oxygens (including phenoxy) is 2. The summed E-state index contributed by atoms with van der Waals surface area (Å²) in [5.41, 5.74) is 2.94. The molecule has 8 nitrogen and oxygen atoms in total. The molecule has 2 heterocycles. The molecule has 0 aliphatic heterocycles. The quantitative estimate of drug-likeness (QED) is 0.545. The minimum Gasteiger partial charge on any atom is -0.497 e. The van der Waals surface area contributed by atoms with Crippen LogP contribution < -0.4 is 14.8 Å². The van der Waals surface area contributed by atoms with Crippen LogP contribution in [-0.4, -0.2) is 39.9 Å². The van der Waals surface area contributed by atoms with E-state index < -0.39 is 0 Å². The van der Waals surface area contributed by atoms with Gasteiger partial charge in [-0.05, 0) is 30.3 Å². The molecule has 0 atom stereocenters. The summed E-state index contributed by atoms with van der Waals surface area (Å²) in [7, 11) is 3.16. The van der Waals surface area contributed by atoms with Gasteiger partial charge in [-0.1, -0.05) is 30.3 Å². The molecule has 0 radical (unpaired) electrons. The monoisotopic (exact) mass is 389 g/mol. The number of rotatable bonds is 6. The van der Waals surface area contributed by atoms with Gasteiger partial charge in [0.2, 0.25) is 5.82 Å². The molecule has 1 N–H and O–H groups in total. The number of aromatic nitrogens is 4. The van der Waals surface area contributed by atoms with Crippen molar-refractivity contribution in [3.8, 4) is 22.8 Å². The van der Waals surface area contributed by atoms with Crippen LogP contribution in [0.2, 0.25) is 0 Å². The Labute approximate surface area is 167 Å². The second-order valence-corrected chi connectivity index (χ2v) is 6.24. The zero-order valence-corrected chi connectivity index (χ0v) is 16.0. The molecule has 29 heavy (non-hydrogen) atoms. The minimum absolute atomic E-state index is 0.111. The van der Waals surface area contributed by atoms with Crippen LogP contribution in [0.5, 0.6) is 11.5 Å². The zero-order valence-electron chi connectivity index (χ0n) is 16.0. The van der Waals surface area contributed by atoms with Gasteiger partial charge < -0.3 is 14.8 Å². The summed E-state index contributed by atoms with van der Waals surface area (Å²) in [5, 5.41) is 15.4. The maximum atomic E-state index is 12.7. The van der Waals surface area contributed by atoms with Crippen LogP contribution in [-0.2, 0) is 6.54 Å². The highest BCUT2D eigenvalue weighted by Crippen LogP contribution is 2.24. The lowest BCUT2D eigenvalue weighted by Gasteiger charge is -2.11. The van der Waals surface area contributed by atoms with Gasteiger partial charge in [0, 0.05) is 17.7 Å². The molecule has 0 aliphatic carbocycles. The van der Waals surface area contributed by atoms with E-state index in [1.54, 1.807) is 32.4 Å². The van der Waals surface area contributed by atoms with Gasteiger partial charge in [-0.3, -0.25) is 4.79 Å². The van der Waals surface area contributed by atoms with Crippen LogP contribution in [0.15, 0.2) is 60.7 Å². The van der Waals surface area contributed by atoms with E-state index in [0.29, 0.717) is 17.1 Å². The number of carbonyl (C=O) groups is 1. The number of nitrogens with one attached hydrogen (secondary N) is 1. The smallest absolute Gasteiger partial charge is 0.291 e. The number of benzene rings is 2. The number of amides is 1. The lowest BCUT2D eigenvalue weighted by atomic mass is 10.1. The van der Waals surface area contributed by atoms with E-state index in [-0.39, 0.29) is 18.3 Å². The zero-order chi connectivity index (χ0) is 20.2. The first kappa shape index (κ1) is 18.4. The van der Waals surface area contributed by atoms with Crippen molar-refractivity contribution in [3.05, 3.63) is 72.1 Å². The van der Waals surface area contributed by atoms with Crippen LogP contribution in [0.4, 0.5) is 0 Å². The number of hydrogen-bond acceptors (Lipinski definition) is 6. The molecule has 0 spiro atoms. The molecule has 8 heteroatoms. The Hall–Kier alpha value is -3.94. The summed E-state index contributed by atoms with van der Waals surface area (Å²) in [6.07, 6.45) is 0. The van der Waals surface area contributed by atoms with Crippen LogP contribution >= 0.6 is 0 Å². The largest absolute Gasteiger partial charge is 0.497 e. The van der Waals surface area contributed by atoms with E-state index in [1.807, 2.05) is 42.5 Å². The van der Waals surface area contributed by atoms with Crippen LogP contribution in [0.1, 0.15) is 16.2 Å². The van der Waals surface area contributed by atoms with Crippen molar-refractivity contribution >= 4 is 11.6 Å². The lowest BCUT2D eigenvalue weighted by molar-refractivity contribution is 0.0938. The third-order valence-electron chi connectivity index (χ3n) is 4.46. The molecule has 1 amide bonds. The van der Waals surface area contributed by atoms with Crippen molar-refractivity contribution < 1.29 is 14.3 Å². The van der Waals surface area contributed by atoms with Gasteiger partial charge in [-0.2, -0.15) is 9.61 Å². The molecule has 2 aromatic heterocycles. The first-order valence-electron chi connectivity index (χ1n) is 8.96. The first-order valence-corrected chi connectivity index (χ1v) is 8.96. The lowest BCUT2D eigenvalue weighted by Crippen LogP contribution is -2.25. The second kappa shape index (κ2) is 7.97. The molecule has 146 valence electrons. The summed E-state index contributed by atoms with van der Waals surface area (Å²) < 4.78 is 12.0. The molecule has 0 fully saturated rings. The maximum absolute atomic E-state index is 12.7. The number of carbonyl (C=O) groups excluding carboxylic acids is 1. The third-order valence-corrected chi connectivity index (χ3v) is 4.46.